The van der Waals surface area contributed by atoms with E-state index in [1.54, 1.807) is 22.7 Å². The predicted molar refractivity (Wildman–Crippen MR) is 103 cm³/mol. The second-order valence-corrected chi connectivity index (χ2v) is 8.34. The molecule has 2 saturated heterocycles. The zero-order chi connectivity index (χ0) is 15.9. The Balaban J connectivity index is 0.000000232. The van der Waals surface area contributed by atoms with Gasteiger partial charge in [-0.15, -0.1) is 37.5 Å². The number of rotatable bonds is 2. The van der Waals surface area contributed by atoms with E-state index in [1.807, 2.05) is 17.8 Å². The van der Waals surface area contributed by atoms with Crippen molar-refractivity contribution in [3.63, 3.8) is 0 Å². The zero-order valence-corrected chi connectivity index (χ0v) is 26.6. The summed E-state index contributed by atoms with van der Waals surface area (Å²) in [7, 11) is 0. The molecule has 4 rings (SSSR count). The van der Waals surface area contributed by atoms with Crippen LogP contribution in [-0.4, -0.2) is 62.3 Å². The van der Waals surface area contributed by atoms with Gasteiger partial charge >= 0.3 is 0 Å². The van der Waals surface area contributed by atoms with Gasteiger partial charge in [0.1, 0.15) is 0 Å². The van der Waals surface area contributed by atoms with Crippen molar-refractivity contribution in [1.82, 2.24) is 9.97 Å². The first-order valence-corrected chi connectivity index (χ1v) is 10.1. The van der Waals surface area contributed by atoms with Crippen molar-refractivity contribution in [2.24, 2.45) is 0 Å². The van der Waals surface area contributed by atoms with Crippen molar-refractivity contribution in [2.75, 3.05) is 62.2 Å². The Morgan fingerprint density at radius 3 is 1.88 bits per heavy atom. The van der Waals surface area contributed by atoms with Gasteiger partial charge in [0.05, 0.1) is 9.98 Å². The van der Waals surface area contributed by atoms with Crippen molar-refractivity contribution >= 4 is 48.9 Å². The zero-order valence-electron chi connectivity index (χ0n) is 13.9. The van der Waals surface area contributed by atoms with Crippen molar-refractivity contribution in [3.05, 3.63) is 32.2 Å². The minimum Gasteiger partial charge on any atom is -0.659 e. The van der Waals surface area contributed by atoms with Gasteiger partial charge < -0.3 is 20.4 Å². The molecule has 0 N–H and O–H groups in total. The molecule has 2 fully saturated rings. The van der Waals surface area contributed by atoms with Gasteiger partial charge in [0.2, 0.25) is 0 Å². The van der Waals surface area contributed by atoms with Gasteiger partial charge in [-0.2, -0.15) is 0 Å². The molecule has 2 aromatic heterocycles. The van der Waals surface area contributed by atoms with Crippen LogP contribution in [-0.2, 0) is 0 Å². The molecule has 2 aromatic rings. The molecular weight excluding hydrogens is 850 g/mol. The van der Waals surface area contributed by atoms with E-state index in [0.29, 0.717) is 0 Å². The third kappa shape index (κ3) is 8.58. The molecule has 0 unspecified atom stereocenters. The van der Waals surface area contributed by atoms with Crippen molar-refractivity contribution in [2.45, 2.75) is 0 Å². The number of hydrogen-bond acceptors (Lipinski definition) is 6. The van der Waals surface area contributed by atoms with E-state index in [2.05, 4.69) is 46.3 Å². The van der Waals surface area contributed by atoms with Crippen molar-refractivity contribution < 1.29 is 88.1 Å². The SMILES string of the molecule is Brc1cnc(N2CC[N-]CC2)s1.[Ac].[Ac].c1csc(N2CC[N-]CC2)n1. The Labute approximate surface area is 237 Å². The Hall–Kier alpha value is 2.14. The number of anilines is 2. The fourth-order valence-electron chi connectivity index (χ4n) is 2.36. The van der Waals surface area contributed by atoms with Gasteiger partial charge in [0, 0.05) is 126 Å². The van der Waals surface area contributed by atoms with Crippen molar-refractivity contribution in [3.8, 4) is 0 Å². The number of hydrogen-bond donors (Lipinski definition) is 0. The van der Waals surface area contributed by atoms with Crippen LogP contribution < -0.4 is 9.80 Å². The molecule has 4 heterocycles. The second-order valence-electron chi connectivity index (χ2n) is 5.08. The van der Waals surface area contributed by atoms with Crippen LogP contribution >= 0.6 is 38.6 Å². The average molecular weight is 869 g/mol. The van der Waals surface area contributed by atoms with Gasteiger partial charge in [-0.1, -0.05) is 11.3 Å². The molecule has 2 radical (unpaired) electrons. The number of aromatic nitrogens is 2. The molecular formula is C14H19Ac2BrN6S2-2. The maximum atomic E-state index is 4.30. The van der Waals surface area contributed by atoms with Gasteiger partial charge in [0.25, 0.3) is 0 Å². The largest absolute Gasteiger partial charge is 0.659 e. The minimum atomic E-state index is 0. The van der Waals surface area contributed by atoms with E-state index >= 15 is 0 Å². The normalized spacial score (nSPS) is 17.0. The number of halogens is 1. The fraction of sp³-hybridized carbons (Fsp3) is 0.571. The van der Waals surface area contributed by atoms with Crippen LogP contribution in [0.25, 0.3) is 10.6 Å². The standard InChI is InChI=1S/C7H9BrN3S.C7H10N3S.2Ac/c8-6-5-10-7(12-6)11-3-1-9-2-4-11;1-4-10(5-2-8-1)7-9-3-6-11-7;;/h5H,1-4H2;3,6H,1-2,4-5H2;;/q2*-1;;. The molecule has 25 heavy (non-hydrogen) atoms. The second kappa shape index (κ2) is 14.2. The van der Waals surface area contributed by atoms with Crippen LogP contribution in [0, 0.1) is 88.1 Å². The number of nitrogens with zero attached hydrogens (tertiary/aromatic N) is 6. The summed E-state index contributed by atoms with van der Waals surface area (Å²) in [6.45, 7) is 7.90. The summed E-state index contributed by atoms with van der Waals surface area (Å²) >= 11 is 6.79. The third-order valence-electron chi connectivity index (χ3n) is 3.54. The van der Waals surface area contributed by atoms with Crippen LogP contribution in [0.3, 0.4) is 0 Å². The van der Waals surface area contributed by atoms with Crippen LogP contribution in [0.15, 0.2) is 21.6 Å². The minimum absolute atomic E-state index is 0. The summed E-state index contributed by atoms with van der Waals surface area (Å²) < 4.78 is 1.10. The van der Waals surface area contributed by atoms with E-state index in [1.165, 1.54) is 0 Å². The van der Waals surface area contributed by atoms with Crippen LogP contribution in [0.2, 0.25) is 0 Å². The van der Waals surface area contributed by atoms with E-state index in [0.717, 1.165) is 66.4 Å². The Morgan fingerprint density at radius 1 is 0.880 bits per heavy atom. The van der Waals surface area contributed by atoms with Gasteiger partial charge in [-0.25, -0.2) is 9.97 Å². The smallest absolute Gasteiger partial charge is 0.186 e. The van der Waals surface area contributed by atoms with E-state index in [9.17, 15) is 0 Å². The molecule has 132 valence electrons. The monoisotopic (exact) mass is 868 g/mol. The molecule has 2 aliphatic heterocycles. The van der Waals surface area contributed by atoms with E-state index < -0.39 is 0 Å². The van der Waals surface area contributed by atoms with E-state index in [4.69, 9.17) is 0 Å². The van der Waals surface area contributed by atoms with Crippen LogP contribution in [0.5, 0.6) is 0 Å². The summed E-state index contributed by atoms with van der Waals surface area (Å²) in [6, 6.07) is 0. The summed E-state index contributed by atoms with van der Waals surface area (Å²) in [6.07, 6.45) is 3.71. The first-order chi connectivity index (χ1) is 11.3. The molecule has 0 amide bonds. The fourth-order valence-corrected chi connectivity index (χ4v) is 4.29. The molecule has 0 atom stereocenters. The molecule has 2 aliphatic rings. The average Bonchev–Trinajstić information content (AvgIpc) is 3.29. The molecule has 6 nitrogen and oxygen atoms in total. The van der Waals surface area contributed by atoms with Crippen LogP contribution in [0.1, 0.15) is 0 Å². The van der Waals surface area contributed by atoms with Gasteiger partial charge in [0.15, 0.2) is 10.3 Å². The topological polar surface area (TPSA) is 60.5 Å². The van der Waals surface area contributed by atoms with Crippen molar-refractivity contribution in [1.29, 1.82) is 0 Å². The summed E-state index contributed by atoms with van der Waals surface area (Å²) in [5.41, 5.74) is 0. The molecule has 0 saturated carbocycles. The molecule has 0 aliphatic carbocycles. The Morgan fingerprint density at radius 2 is 1.44 bits per heavy atom. The molecule has 0 bridgehead atoms. The van der Waals surface area contributed by atoms with Gasteiger partial charge in [-0.3, -0.25) is 0 Å². The van der Waals surface area contributed by atoms with E-state index in [-0.39, 0.29) is 88.1 Å². The molecule has 0 aromatic carbocycles. The van der Waals surface area contributed by atoms with Crippen LogP contribution in [0.4, 0.5) is 10.3 Å². The summed E-state index contributed by atoms with van der Waals surface area (Å²) in [5, 5.41) is 12.8. The number of thiazole rings is 2. The Bertz CT molecular complexity index is 574. The quantitative estimate of drug-likeness (QED) is 0.465. The maximum absolute atomic E-state index is 4.30. The Kier molecular flexibility index (Phi) is 14.3. The predicted octanol–water partition coefficient (Wildman–Crippen LogP) is 3.44. The first kappa shape index (κ1) is 25.2. The summed E-state index contributed by atoms with van der Waals surface area (Å²) in [4.78, 5) is 13.1. The number of piperazine rings is 2. The molecule has 11 heteroatoms. The maximum Gasteiger partial charge on any atom is 0.186 e. The third-order valence-corrected chi connectivity index (χ3v) is 5.91. The first-order valence-electron chi connectivity index (χ1n) is 7.60. The summed E-state index contributed by atoms with van der Waals surface area (Å²) in [5.74, 6) is 0. The molecule has 0 spiro atoms. The van der Waals surface area contributed by atoms with Gasteiger partial charge in [-0.05, 0) is 15.9 Å².